The first-order valence-electron chi connectivity index (χ1n) is 3.08. The third-order valence-corrected chi connectivity index (χ3v) is 2.23. The number of benzene rings is 1. The Balaban J connectivity index is 2.99. The number of hydrogen-bond acceptors (Lipinski definition) is 2. The Morgan fingerprint density at radius 2 is 2.00 bits per heavy atom. The molecule has 0 aliphatic heterocycles. The van der Waals surface area contributed by atoms with E-state index in [1.807, 2.05) is 0 Å². The minimum absolute atomic E-state index is 0.326. The fourth-order valence-electron chi connectivity index (χ4n) is 0.671. The molecule has 62 valence electrons. The molecule has 0 radical (unpaired) electrons. The largest absolute Gasteiger partial charge is 0.264 e. The molecule has 1 aromatic carbocycles. The Morgan fingerprint density at radius 1 is 1.42 bits per heavy atom. The van der Waals surface area contributed by atoms with Gasteiger partial charge in [-0.3, -0.25) is 5.14 Å². The second-order valence-electron chi connectivity index (χ2n) is 1.96. The van der Waals surface area contributed by atoms with Gasteiger partial charge < -0.3 is 0 Å². The van der Waals surface area contributed by atoms with Gasteiger partial charge in [-0.15, -0.1) is 4.36 Å². The van der Waals surface area contributed by atoms with Crippen LogP contribution < -0.4 is 5.14 Å². The summed E-state index contributed by atoms with van der Waals surface area (Å²) in [6.07, 6.45) is 1.60. The lowest BCUT2D eigenvalue weighted by Gasteiger charge is -1.97. The minimum Gasteiger partial charge on any atom is -0.264 e. The quantitative estimate of drug-likeness (QED) is 0.668. The summed E-state index contributed by atoms with van der Waals surface area (Å²) in [7, 11) is -0.944. The van der Waals surface area contributed by atoms with Crippen molar-refractivity contribution >= 4 is 10.9 Å². The first kappa shape index (κ1) is 8.84. The minimum atomic E-state index is -0.944. The molecule has 1 aromatic rings. The summed E-state index contributed by atoms with van der Waals surface area (Å²) in [6.45, 7) is 0. The number of nitrogens with two attached hydrogens (primary N) is 1. The van der Waals surface area contributed by atoms with E-state index in [0.717, 1.165) is 0 Å². The first-order chi connectivity index (χ1) is 5.74. The molecule has 1 atom stereocenters. The Labute approximate surface area is 71.9 Å². The van der Waals surface area contributed by atoms with Crippen LogP contribution in [-0.4, -0.2) is 0 Å². The number of hydrogen-bond donors (Lipinski definition) is 1. The second kappa shape index (κ2) is 3.95. The van der Waals surface area contributed by atoms with E-state index in [-0.39, 0.29) is 5.82 Å². The Morgan fingerprint density at radius 3 is 2.50 bits per heavy atom. The van der Waals surface area contributed by atoms with Gasteiger partial charge in [-0.2, -0.15) is 5.26 Å². The summed E-state index contributed by atoms with van der Waals surface area (Å²) >= 11 is 0. The van der Waals surface area contributed by atoms with E-state index in [4.69, 9.17) is 10.4 Å². The molecule has 0 saturated carbocycles. The van der Waals surface area contributed by atoms with E-state index in [9.17, 15) is 4.39 Å². The van der Waals surface area contributed by atoms with Crippen LogP contribution in [0.15, 0.2) is 33.5 Å². The van der Waals surface area contributed by atoms with E-state index < -0.39 is 10.9 Å². The van der Waals surface area contributed by atoms with E-state index in [1.54, 1.807) is 6.19 Å². The maximum Gasteiger partial charge on any atom is 0.213 e. The molecule has 0 aliphatic rings. The molecular formula is C7H6FN3S. The summed E-state index contributed by atoms with van der Waals surface area (Å²) < 4.78 is 15.8. The van der Waals surface area contributed by atoms with Crippen molar-refractivity contribution in [3.05, 3.63) is 30.1 Å². The fraction of sp³-hybridized carbons (Fsp3) is 0. The summed E-state index contributed by atoms with van der Waals surface area (Å²) in [6, 6.07) is 5.60. The molecule has 1 rings (SSSR count). The summed E-state index contributed by atoms with van der Waals surface area (Å²) in [4.78, 5) is 0.651. The molecule has 5 heteroatoms. The van der Waals surface area contributed by atoms with Gasteiger partial charge in [0.1, 0.15) is 5.82 Å². The van der Waals surface area contributed by atoms with Crippen LogP contribution in [0.1, 0.15) is 0 Å². The SMILES string of the molecule is N#C/N=S(\N)c1ccc(F)cc1. The van der Waals surface area contributed by atoms with Crippen LogP contribution in [0, 0.1) is 17.3 Å². The zero-order chi connectivity index (χ0) is 8.97. The predicted molar refractivity (Wildman–Crippen MR) is 44.3 cm³/mol. The van der Waals surface area contributed by atoms with Gasteiger partial charge in [-0.05, 0) is 24.3 Å². The lowest BCUT2D eigenvalue weighted by Crippen LogP contribution is -2.01. The van der Waals surface area contributed by atoms with Crippen LogP contribution in [0.25, 0.3) is 0 Å². The van der Waals surface area contributed by atoms with Crippen LogP contribution in [0.5, 0.6) is 0 Å². The van der Waals surface area contributed by atoms with Gasteiger partial charge in [0.15, 0.2) is 0 Å². The standard InChI is InChI=1S/C7H6FN3S/c8-6-1-3-7(4-2-6)12(10)11-5-9/h1-4H,(H2,10,11). The number of nitriles is 1. The van der Waals surface area contributed by atoms with Crippen molar-refractivity contribution in [2.24, 2.45) is 9.50 Å². The Bertz CT molecular complexity index is 339. The van der Waals surface area contributed by atoms with Crippen molar-refractivity contribution in [1.82, 2.24) is 0 Å². The molecule has 3 nitrogen and oxygen atoms in total. The third-order valence-electron chi connectivity index (χ3n) is 1.19. The molecule has 0 aromatic heterocycles. The highest BCUT2D eigenvalue weighted by atomic mass is 32.2. The number of rotatable bonds is 1. The van der Waals surface area contributed by atoms with E-state index in [1.165, 1.54) is 24.3 Å². The molecule has 0 heterocycles. The first-order valence-corrected chi connectivity index (χ1v) is 4.32. The van der Waals surface area contributed by atoms with Crippen molar-refractivity contribution in [3.63, 3.8) is 0 Å². The molecule has 0 aliphatic carbocycles. The molecule has 12 heavy (non-hydrogen) atoms. The van der Waals surface area contributed by atoms with Crippen LogP contribution >= 0.6 is 0 Å². The lowest BCUT2D eigenvalue weighted by atomic mass is 10.4. The van der Waals surface area contributed by atoms with Gasteiger partial charge in [0.05, 0.1) is 0 Å². The summed E-state index contributed by atoms with van der Waals surface area (Å²) in [5, 5.41) is 13.7. The molecular weight excluding hydrogens is 177 g/mol. The van der Waals surface area contributed by atoms with Crippen LogP contribution in [0.2, 0.25) is 0 Å². The molecule has 0 spiro atoms. The van der Waals surface area contributed by atoms with Crippen molar-refractivity contribution in [1.29, 1.82) is 5.26 Å². The molecule has 0 amide bonds. The van der Waals surface area contributed by atoms with E-state index in [0.29, 0.717) is 4.90 Å². The van der Waals surface area contributed by atoms with Crippen molar-refractivity contribution < 1.29 is 4.39 Å². The van der Waals surface area contributed by atoms with Gasteiger partial charge in [-0.25, -0.2) is 4.39 Å². The average molecular weight is 183 g/mol. The lowest BCUT2D eigenvalue weighted by molar-refractivity contribution is 0.626. The third kappa shape index (κ3) is 2.12. The topological polar surface area (TPSA) is 62.2 Å². The smallest absolute Gasteiger partial charge is 0.213 e. The van der Waals surface area contributed by atoms with Gasteiger partial charge in [0.2, 0.25) is 6.19 Å². The van der Waals surface area contributed by atoms with Crippen molar-refractivity contribution in [3.8, 4) is 6.19 Å². The monoisotopic (exact) mass is 183 g/mol. The van der Waals surface area contributed by atoms with Gasteiger partial charge in [-0.1, -0.05) is 0 Å². The maximum absolute atomic E-state index is 12.4. The summed E-state index contributed by atoms with van der Waals surface area (Å²) in [5.74, 6) is -0.326. The molecule has 0 saturated heterocycles. The number of nitrogens with zero attached hydrogens (tertiary/aromatic N) is 2. The highest BCUT2D eigenvalue weighted by molar-refractivity contribution is 7.85. The molecule has 1 unspecified atom stereocenters. The predicted octanol–water partition coefficient (Wildman–Crippen LogP) is 1.34. The van der Waals surface area contributed by atoms with Gasteiger partial charge in [0.25, 0.3) is 0 Å². The Kier molecular flexibility index (Phi) is 2.91. The Hall–Kier alpha value is -1.25. The van der Waals surface area contributed by atoms with Crippen LogP contribution in [0.4, 0.5) is 4.39 Å². The fourth-order valence-corrected chi connectivity index (χ4v) is 1.28. The van der Waals surface area contributed by atoms with Crippen LogP contribution in [-0.2, 0) is 10.9 Å². The average Bonchev–Trinajstić information content (AvgIpc) is 2.06. The maximum atomic E-state index is 12.4. The van der Waals surface area contributed by atoms with Gasteiger partial charge >= 0.3 is 0 Å². The second-order valence-corrected chi connectivity index (χ2v) is 3.24. The van der Waals surface area contributed by atoms with E-state index in [2.05, 4.69) is 4.36 Å². The highest BCUT2D eigenvalue weighted by Gasteiger charge is 1.95. The summed E-state index contributed by atoms with van der Waals surface area (Å²) in [5.41, 5.74) is 0. The molecule has 2 N–H and O–H groups in total. The van der Waals surface area contributed by atoms with Crippen LogP contribution in [0.3, 0.4) is 0 Å². The van der Waals surface area contributed by atoms with Crippen molar-refractivity contribution in [2.75, 3.05) is 0 Å². The molecule has 0 bridgehead atoms. The van der Waals surface area contributed by atoms with Gasteiger partial charge in [0, 0.05) is 15.8 Å². The van der Waals surface area contributed by atoms with Crippen molar-refractivity contribution in [2.45, 2.75) is 4.90 Å². The highest BCUT2D eigenvalue weighted by Crippen LogP contribution is 2.05. The zero-order valence-corrected chi connectivity index (χ0v) is 6.88. The van der Waals surface area contributed by atoms with E-state index >= 15 is 0 Å². The zero-order valence-electron chi connectivity index (χ0n) is 6.07. The normalized spacial score (nSPS) is 12.4. The molecule has 0 fully saturated rings. The number of halogens is 1.